The van der Waals surface area contributed by atoms with Gasteiger partial charge in [-0.25, -0.2) is 0 Å². The maximum absolute atomic E-state index is 3.91. The van der Waals surface area contributed by atoms with E-state index in [4.69, 9.17) is 0 Å². The van der Waals surface area contributed by atoms with E-state index < -0.39 is 0 Å². The Hall–Kier alpha value is -0.480. The summed E-state index contributed by atoms with van der Waals surface area (Å²) in [7, 11) is 0. The second-order valence-corrected chi connectivity index (χ2v) is 5.04. The van der Waals surface area contributed by atoms with Gasteiger partial charge in [0.1, 0.15) is 0 Å². The van der Waals surface area contributed by atoms with Gasteiger partial charge in [0.05, 0.1) is 6.20 Å². The van der Waals surface area contributed by atoms with Gasteiger partial charge in [0, 0.05) is 35.3 Å². The number of aromatic nitrogens is 2. The van der Waals surface area contributed by atoms with Gasteiger partial charge in [-0.05, 0) is 6.42 Å². The lowest BCUT2D eigenvalue weighted by atomic mass is 10.2. The fraction of sp³-hybridized carbons (Fsp3) is 0.667. The largest absolute Gasteiger partial charge is 0.309 e. The van der Waals surface area contributed by atoms with Crippen molar-refractivity contribution in [2.75, 3.05) is 5.75 Å². The van der Waals surface area contributed by atoms with Crippen LogP contribution in [0.3, 0.4) is 0 Å². The van der Waals surface area contributed by atoms with E-state index in [0.717, 1.165) is 11.8 Å². The highest BCUT2D eigenvalue weighted by atomic mass is 32.2. The van der Waals surface area contributed by atoms with Crippen molar-refractivity contribution in [3.05, 3.63) is 18.0 Å². The molecule has 0 radical (unpaired) electrons. The zero-order chi connectivity index (χ0) is 9.10. The molecule has 1 aromatic rings. The highest BCUT2D eigenvalue weighted by Crippen LogP contribution is 2.25. The zero-order valence-electron chi connectivity index (χ0n) is 7.79. The van der Waals surface area contributed by atoms with E-state index in [0.29, 0.717) is 6.04 Å². The highest BCUT2D eigenvalue weighted by Gasteiger charge is 2.20. The lowest BCUT2D eigenvalue weighted by molar-refractivity contribution is 0.539. The number of nitrogens with one attached hydrogen (secondary N) is 2. The molecule has 2 N–H and O–H groups in total. The van der Waals surface area contributed by atoms with Gasteiger partial charge in [-0.1, -0.05) is 6.92 Å². The molecular weight excluding hydrogens is 182 g/mol. The predicted molar refractivity (Wildman–Crippen MR) is 55.8 cm³/mol. The number of H-pyrrole nitrogens is 1. The van der Waals surface area contributed by atoms with Crippen molar-refractivity contribution in [3.8, 4) is 0 Å². The van der Waals surface area contributed by atoms with Gasteiger partial charge in [-0.3, -0.25) is 5.10 Å². The van der Waals surface area contributed by atoms with Gasteiger partial charge in [-0.15, -0.1) is 0 Å². The van der Waals surface area contributed by atoms with Crippen LogP contribution in [0.2, 0.25) is 0 Å². The summed E-state index contributed by atoms with van der Waals surface area (Å²) < 4.78 is 0. The number of hydrogen-bond donors (Lipinski definition) is 2. The number of rotatable bonds is 3. The molecular formula is C9H15N3S. The van der Waals surface area contributed by atoms with Gasteiger partial charge in [0.15, 0.2) is 0 Å². The van der Waals surface area contributed by atoms with Crippen LogP contribution in [0.25, 0.3) is 0 Å². The monoisotopic (exact) mass is 197 g/mol. The second-order valence-electron chi connectivity index (χ2n) is 3.56. The molecule has 0 spiro atoms. The third-order valence-electron chi connectivity index (χ3n) is 2.35. The van der Waals surface area contributed by atoms with Crippen molar-refractivity contribution < 1.29 is 0 Å². The minimum absolute atomic E-state index is 0.690. The van der Waals surface area contributed by atoms with Gasteiger partial charge >= 0.3 is 0 Å². The minimum Gasteiger partial charge on any atom is -0.309 e. The first-order valence-electron chi connectivity index (χ1n) is 4.67. The Morgan fingerprint density at radius 1 is 1.77 bits per heavy atom. The number of hydrogen-bond acceptors (Lipinski definition) is 3. The molecule has 1 aliphatic heterocycles. The third-order valence-corrected chi connectivity index (χ3v) is 3.70. The van der Waals surface area contributed by atoms with E-state index in [-0.39, 0.29) is 0 Å². The molecule has 0 saturated carbocycles. The molecule has 1 aliphatic rings. The molecule has 0 aliphatic carbocycles. The van der Waals surface area contributed by atoms with Crippen molar-refractivity contribution in [3.63, 3.8) is 0 Å². The molecule has 72 valence electrons. The van der Waals surface area contributed by atoms with Crippen LogP contribution < -0.4 is 5.32 Å². The Labute approximate surface area is 82.7 Å². The summed E-state index contributed by atoms with van der Waals surface area (Å²) in [5.41, 5.74) is 1.24. The SMILES string of the molecule is CC1CC(NCc2cn[nH]c2)CS1. The van der Waals surface area contributed by atoms with Gasteiger partial charge < -0.3 is 5.32 Å². The van der Waals surface area contributed by atoms with Crippen LogP contribution in [-0.4, -0.2) is 27.2 Å². The Balaban J connectivity index is 1.74. The summed E-state index contributed by atoms with van der Waals surface area (Å²) >= 11 is 2.06. The zero-order valence-corrected chi connectivity index (χ0v) is 8.60. The molecule has 0 aromatic carbocycles. The van der Waals surface area contributed by atoms with E-state index in [1.165, 1.54) is 17.7 Å². The number of nitrogens with zero attached hydrogens (tertiary/aromatic N) is 1. The standard InChI is InChI=1S/C9H15N3S/c1-7-2-9(6-13-7)10-3-8-4-11-12-5-8/h4-5,7,9-10H,2-3,6H2,1H3,(H,11,12). The van der Waals surface area contributed by atoms with Crippen LogP contribution in [0.1, 0.15) is 18.9 Å². The molecule has 1 saturated heterocycles. The molecule has 2 atom stereocenters. The highest BCUT2D eigenvalue weighted by molar-refractivity contribution is 8.00. The van der Waals surface area contributed by atoms with Gasteiger partial charge in [-0.2, -0.15) is 16.9 Å². The summed E-state index contributed by atoms with van der Waals surface area (Å²) in [4.78, 5) is 0. The minimum atomic E-state index is 0.690. The first-order chi connectivity index (χ1) is 6.34. The third kappa shape index (κ3) is 2.48. The molecule has 1 aromatic heterocycles. The van der Waals surface area contributed by atoms with E-state index >= 15 is 0 Å². The van der Waals surface area contributed by atoms with Crippen LogP contribution in [0.4, 0.5) is 0 Å². The number of aromatic amines is 1. The molecule has 0 amide bonds. The normalized spacial score (nSPS) is 28.1. The van der Waals surface area contributed by atoms with Crippen LogP contribution in [-0.2, 0) is 6.54 Å². The smallest absolute Gasteiger partial charge is 0.0532 e. The molecule has 3 nitrogen and oxygen atoms in total. The van der Waals surface area contributed by atoms with Gasteiger partial charge in [0.25, 0.3) is 0 Å². The molecule has 2 heterocycles. The topological polar surface area (TPSA) is 40.7 Å². The van der Waals surface area contributed by atoms with Crippen LogP contribution in [0.5, 0.6) is 0 Å². The van der Waals surface area contributed by atoms with Crippen LogP contribution in [0.15, 0.2) is 12.4 Å². The molecule has 0 bridgehead atoms. The molecule has 4 heteroatoms. The van der Waals surface area contributed by atoms with Crippen molar-refractivity contribution >= 4 is 11.8 Å². The van der Waals surface area contributed by atoms with Gasteiger partial charge in [0.2, 0.25) is 0 Å². The van der Waals surface area contributed by atoms with E-state index in [1.807, 2.05) is 12.4 Å². The van der Waals surface area contributed by atoms with Crippen LogP contribution in [0, 0.1) is 0 Å². The summed E-state index contributed by atoms with van der Waals surface area (Å²) in [5, 5.41) is 11.1. The summed E-state index contributed by atoms with van der Waals surface area (Å²) in [5.74, 6) is 1.25. The molecule has 1 fully saturated rings. The Bertz CT molecular complexity index is 247. The Kier molecular flexibility index (Phi) is 2.90. The average molecular weight is 197 g/mol. The summed E-state index contributed by atoms with van der Waals surface area (Å²) in [6.45, 7) is 3.23. The second kappa shape index (κ2) is 4.15. The fourth-order valence-corrected chi connectivity index (χ4v) is 2.78. The lowest BCUT2D eigenvalue weighted by Gasteiger charge is -2.09. The van der Waals surface area contributed by atoms with Crippen molar-refractivity contribution in [2.45, 2.75) is 31.2 Å². The van der Waals surface area contributed by atoms with Crippen LogP contribution >= 0.6 is 11.8 Å². The van der Waals surface area contributed by atoms with Crippen molar-refractivity contribution in [1.82, 2.24) is 15.5 Å². The van der Waals surface area contributed by atoms with E-state index in [1.54, 1.807) is 0 Å². The maximum atomic E-state index is 3.91. The molecule has 2 rings (SSSR count). The Morgan fingerprint density at radius 3 is 3.31 bits per heavy atom. The van der Waals surface area contributed by atoms with Crippen molar-refractivity contribution in [2.24, 2.45) is 0 Å². The number of thioether (sulfide) groups is 1. The first kappa shape index (κ1) is 9.09. The fourth-order valence-electron chi connectivity index (χ4n) is 1.60. The lowest BCUT2D eigenvalue weighted by Crippen LogP contribution is -2.28. The van der Waals surface area contributed by atoms with Crippen molar-refractivity contribution in [1.29, 1.82) is 0 Å². The van der Waals surface area contributed by atoms with E-state index in [2.05, 4.69) is 34.2 Å². The molecule has 2 unspecified atom stereocenters. The summed E-state index contributed by atoms with van der Waals surface area (Å²) in [6, 6.07) is 0.690. The quantitative estimate of drug-likeness (QED) is 0.769. The average Bonchev–Trinajstić information content (AvgIpc) is 2.71. The summed E-state index contributed by atoms with van der Waals surface area (Å²) in [6.07, 6.45) is 5.11. The Morgan fingerprint density at radius 2 is 2.69 bits per heavy atom. The predicted octanol–water partition coefficient (Wildman–Crippen LogP) is 1.39. The van der Waals surface area contributed by atoms with E-state index in [9.17, 15) is 0 Å². The maximum Gasteiger partial charge on any atom is 0.0532 e. The molecule has 13 heavy (non-hydrogen) atoms. The first-order valence-corrected chi connectivity index (χ1v) is 5.72.